The number of amides is 2. The van der Waals surface area contributed by atoms with Crippen molar-refractivity contribution in [3.8, 4) is 11.5 Å². The van der Waals surface area contributed by atoms with Crippen LogP contribution in [0.3, 0.4) is 0 Å². The highest BCUT2D eigenvalue weighted by atomic mass is 19.4. The van der Waals surface area contributed by atoms with Crippen LogP contribution < -0.4 is 14.8 Å². The van der Waals surface area contributed by atoms with Gasteiger partial charge in [0.25, 0.3) is 11.8 Å². The molecule has 0 aliphatic carbocycles. The smallest absolute Gasteiger partial charge is 0.490 e. The number of piperidine rings is 2. The normalized spacial score (nSPS) is 19.4. The SMILES string of the molecule is CC(=O)c1ccc(OC2CCN(C(=O)c3ccc(C(=O)N[C@@H]4CCN(Cc5ccc(OC(F)(F)F)cc5)C[C@H]4F)cn3)CC2)cc1. The minimum atomic E-state index is -4.77. The van der Waals surface area contributed by atoms with Crippen molar-refractivity contribution >= 4 is 17.6 Å². The van der Waals surface area contributed by atoms with Crippen LogP contribution >= 0.6 is 0 Å². The summed E-state index contributed by atoms with van der Waals surface area (Å²) in [5, 5.41) is 2.71. The van der Waals surface area contributed by atoms with Gasteiger partial charge in [0.1, 0.15) is 29.5 Å². The molecule has 0 saturated carbocycles. The number of nitrogens with zero attached hydrogens (tertiary/aromatic N) is 3. The van der Waals surface area contributed by atoms with E-state index in [1.807, 2.05) is 4.90 Å². The lowest BCUT2D eigenvalue weighted by molar-refractivity contribution is -0.274. The molecule has 0 unspecified atom stereocenters. The van der Waals surface area contributed by atoms with Crippen LogP contribution in [0.25, 0.3) is 0 Å². The molecule has 244 valence electrons. The lowest BCUT2D eigenvalue weighted by atomic mass is 10.0. The third-order valence-corrected chi connectivity index (χ3v) is 8.04. The van der Waals surface area contributed by atoms with Crippen molar-refractivity contribution in [1.82, 2.24) is 20.1 Å². The van der Waals surface area contributed by atoms with Crippen LogP contribution in [0.4, 0.5) is 17.6 Å². The molecule has 2 aliphatic heterocycles. The number of Topliss-reactive ketones (excluding diaryl/α,β-unsaturated/α-hetero) is 1. The fraction of sp³-hybridized carbons (Fsp3) is 0.394. The number of aromatic nitrogens is 1. The summed E-state index contributed by atoms with van der Waals surface area (Å²) in [5.74, 6) is -0.424. The van der Waals surface area contributed by atoms with Gasteiger partial charge in [-0.15, -0.1) is 13.2 Å². The molecule has 2 aromatic carbocycles. The van der Waals surface area contributed by atoms with E-state index in [9.17, 15) is 27.6 Å². The third-order valence-electron chi connectivity index (χ3n) is 8.04. The van der Waals surface area contributed by atoms with Gasteiger partial charge in [-0.25, -0.2) is 4.39 Å². The maximum atomic E-state index is 15.0. The van der Waals surface area contributed by atoms with Gasteiger partial charge < -0.3 is 19.7 Å². The molecular formula is C33H34F4N4O5. The second-order valence-electron chi connectivity index (χ2n) is 11.4. The lowest BCUT2D eigenvalue weighted by Gasteiger charge is -2.35. The van der Waals surface area contributed by atoms with E-state index in [1.54, 1.807) is 29.2 Å². The Kier molecular flexibility index (Phi) is 10.2. The number of likely N-dealkylation sites (tertiary alicyclic amines) is 2. The zero-order valence-electron chi connectivity index (χ0n) is 25.1. The quantitative estimate of drug-likeness (QED) is 0.253. The molecule has 0 bridgehead atoms. The number of benzene rings is 2. The molecule has 1 N–H and O–H groups in total. The predicted octanol–water partition coefficient (Wildman–Crippen LogP) is 5.21. The van der Waals surface area contributed by atoms with Crippen molar-refractivity contribution < 1.29 is 41.4 Å². The molecule has 9 nitrogen and oxygen atoms in total. The number of ether oxygens (including phenoxy) is 2. The first kappa shape index (κ1) is 32.9. The lowest BCUT2D eigenvalue weighted by Crippen LogP contribution is -2.52. The van der Waals surface area contributed by atoms with E-state index in [-0.39, 0.29) is 41.3 Å². The van der Waals surface area contributed by atoms with Crippen molar-refractivity contribution in [2.45, 2.75) is 57.4 Å². The van der Waals surface area contributed by atoms with Crippen molar-refractivity contribution in [3.05, 3.63) is 89.2 Å². The Morgan fingerprint density at radius 2 is 1.54 bits per heavy atom. The number of halogens is 4. The maximum absolute atomic E-state index is 15.0. The highest BCUT2D eigenvalue weighted by Crippen LogP contribution is 2.25. The Morgan fingerprint density at radius 1 is 0.891 bits per heavy atom. The largest absolute Gasteiger partial charge is 0.573 e. The molecule has 2 amide bonds. The number of carbonyl (C=O) groups is 3. The summed E-state index contributed by atoms with van der Waals surface area (Å²) in [7, 11) is 0. The van der Waals surface area contributed by atoms with Crippen molar-refractivity contribution in [1.29, 1.82) is 0 Å². The van der Waals surface area contributed by atoms with E-state index in [0.29, 0.717) is 62.3 Å². The summed E-state index contributed by atoms with van der Waals surface area (Å²) in [6.07, 6.45) is -3.28. The van der Waals surface area contributed by atoms with Gasteiger partial charge in [0.15, 0.2) is 5.78 Å². The number of hydrogen-bond donors (Lipinski definition) is 1. The van der Waals surface area contributed by atoms with Gasteiger partial charge in [-0.2, -0.15) is 0 Å². The van der Waals surface area contributed by atoms with Crippen molar-refractivity contribution in [3.63, 3.8) is 0 Å². The minimum Gasteiger partial charge on any atom is -0.490 e. The van der Waals surface area contributed by atoms with Gasteiger partial charge in [-0.3, -0.25) is 24.3 Å². The molecule has 0 spiro atoms. The molecule has 2 saturated heterocycles. The molecule has 0 radical (unpaired) electrons. The average Bonchev–Trinajstić information content (AvgIpc) is 3.03. The van der Waals surface area contributed by atoms with Crippen molar-refractivity contribution in [2.75, 3.05) is 26.2 Å². The van der Waals surface area contributed by atoms with Gasteiger partial charge in [0.05, 0.1) is 11.6 Å². The van der Waals surface area contributed by atoms with Gasteiger partial charge in [-0.1, -0.05) is 12.1 Å². The summed E-state index contributed by atoms with van der Waals surface area (Å²) in [6.45, 7) is 3.33. The fourth-order valence-electron chi connectivity index (χ4n) is 5.53. The Bertz CT molecular complexity index is 1510. The predicted molar refractivity (Wildman–Crippen MR) is 159 cm³/mol. The Labute approximate surface area is 263 Å². The van der Waals surface area contributed by atoms with Gasteiger partial charge >= 0.3 is 6.36 Å². The van der Waals surface area contributed by atoms with Gasteiger partial charge in [0, 0.05) is 57.3 Å². The van der Waals surface area contributed by atoms with E-state index >= 15 is 4.39 Å². The van der Waals surface area contributed by atoms with Crippen LogP contribution in [0.15, 0.2) is 66.9 Å². The molecule has 1 aromatic heterocycles. The van der Waals surface area contributed by atoms with Crippen LogP contribution in [0.5, 0.6) is 11.5 Å². The van der Waals surface area contributed by atoms with Crippen molar-refractivity contribution in [2.24, 2.45) is 0 Å². The van der Waals surface area contributed by atoms with Crippen LogP contribution in [0.2, 0.25) is 0 Å². The summed E-state index contributed by atoms with van der Waals surface area (Å²) < 4.78 is 62.0. The first-order valence-electron chi connectivity index (χ1n) is 15.0. The average molecular weight is 643 g/mol. The summed E-state index contributed by atoms with van der Waals surface area (Å²) in [5.41, 5.74) is 1.72. The van der Waals surface area contributed by atoms with E-state index in [2.05, 4.69) is 15.0 Å². The number of carbonyl (C=O) groups excluding carboxylic acids is 3. The maximum Gasteiger partial charge on any atom is 0.573 e. The first-order chi connectivity index (χ1) is 21.9. The van der Waals surface area contributed by atoms with E-state index in [1.165, 1.54) is 49.5 Å². The minimum absolute atomic E-state index is 0.0153. The van der Waals surface area contributed by atoms with Crippen LogP contribution in [-0.4, -0.2) is 83.2 Å². The molecule has 46 heavy (non-hydrogen) atoms. The Hall–Kier alpha value is -4.52. The molecule has 2 atom stereocenters. The Balaban J connectivity index is 1.05. The van der Waals surface area contributed by atoms with Crippen LogP contribution in [0.1, 0.15) is 63.0 Å². The van der Waals surface area contributed by atoms with E-state index in [0.717, 1.165) is 0 Å². The monoisotopic (exact) mass is 642 g/mol. The van der Waals surface area contributed by atoms with Gasteiger partial charge in [-0.05, 0) is 67.4 Å². The summed E-state index contributed by atoms with van der Waals surface area (Å²) >= 11 is 0. The Morgan fingerprint density at radius 3 is 2.13 bits per heavy atom. The summed E-state index contributed by atoms with van der Waals surface area (Å²) in [6, 6.07) is 14.7. The molecule has 3 heterocycles. The number of hydrogen-bond acceptors (Lipinski definition) is 7. The number of pyridine rings is 1. The zero-order valence-corrected chi connectivity index (χ0v) is 25.1. The van der Waals surface area contributed by atoms with Gasteiger partial charge in [0.2, 0.25) is 0 Å². The zero-order chi connectivity index (χ0) is 32.8. The molecule has 5 rings (SSSR count). The second kappa shape index (κ2) is 14.3. The highest BCUT2D eigenvalue weighted by molar-refractivity contribution is 5.96. The molecule has 2 aliphatic rings. The highest BCUT2D eigenvalue weighted by Gasteiger charge is 2.32. The molecule has 13 heteroatoms. The standard InChI is InChI=1S/C33H34F4N4O5/c1-21(42)23-4-9-25(10-5-23)45-26-12-16-41(17-13-26)32(44)30-11-6-24(18-38-30)31(43)39-29-14-15-40(20-28(29)34)19-22-2-7-27(8-3-22)46-33(35,36)37/h2-11,18,26,28-29H,12-17,19-20H2,1H3,(H,39,43)/t28-,29-/m1/s1. The number of ketones is 1. The van der Waals surface area contributed by atoms with Crippen LogP contribution in [0, 0.1) is 0 Å². The summed E-state index contributed by atoms with van der Waals surface area (Å²) in [4.78, 5) is 45.0. The third kappa shape index (κ3) is 8.81. The number of nitrogens with one attached hydrogen (secondary N) is 1. The fourth-order valence-corrected chi connectivity index (χ4v) is 5.53. The first-order valence-corrected chi connectivity index (χ1v) is 15.0. The van der Waals surface area contributed by atoms with E-state index in [4.69, 9.17) is 4.74 Å². The van der Waals surface area contributed by atoms with E-state index < -0.39 is 24.5 Å². The molecule has 2 fully saturated rings. The molecular weight excluding hydrogens is 608 g/mol. The molecule has 3 aromatic rings. The van der Waals surface area contributed by atoms with Crippen LogP contribution in [-0.2, 0) is 6.54 Å². The topological polar surface area (TPSA) is 101 Å². The number of alkyl halides is 4. The number of rotatable bonds is 9. The second-order valence-corrected chi connectivity index (χ2v) is 11.4.